The molecule has 18 heavy (non-hydrogen) atoms. The summed E-state index contributed by atoms with van der Waals surface area (Å²) in [6, 6.07) is 5.02. The van der Waals surface area contributed by atoms with Gasteiger partial charge in [0.15, 0.2) is 0 Å². The highest BCUT2D eigenvalue weighted by atomic mass is 32.2. The highest BCUT2D eigenvalue weighted by Crippen LogP contribution is 2.27. The fourth-order valence-corrected chi connectivity index (χ4v) is 3.75. The number of sulfonamides is 1. The van der Waals surface area contributed by atoms with Crippen LogP contribution in [0.1, 0.15) is 20.3 Å². The lowest BCUT2D eigenvalue weighted by atomic mass is 9.90. The number of hydrogen-bond donors (Lipinski definition) is 0. The minimum atomic E-state index is -3.47. The molecule has 3 nitrogen and oxygen atoms in total. The summed E-state index contributed by atoms with van der Waals surface area (Å²) in [5.41, 5.74) is 0. The summed E-state index contributed by atoms with van der Waals surface area (Å²) in [7, 11) is -3.47. The maximum absolute atomic E-state index is 12.8. The van der Waals surface area contributed by atoms with Gasteiger partial charge in [0.2, 0.25) is 10.0 Å². The van der Waals surface area contributed by atoms with E-state index in [-0.39, 0.29) is 4.90 Å². The smallest absolute Gasteiger partial charge is 0.207 e. The zero-order valence-electron chi connectivity index (χ0n) is 10.6. The highest BCUT2D eigenvalue weighted by molar-refractivity contribution is 7.89. The molecule has 1 aromatic rings. The third-order valence-corrected chi connectivity index (χ3v) is 5.63. The number of rotatable bonds is 2. The summed E-state index contributed by atoms with van der Waals surface area (Å²) in [4.78, 5) is 0.172. The maximum Gasteiger partial charge on any atom is 0.243 e. The molecular formula is C13H18FNO2S. The largest absolute Gasteiger partial charge is 0.243 e. The van der Waals surface area contributed by atoms with Crippen LogP contribution in [0, 0.1) is 17.7 Å². The van der Waals surface area contributed by atoms with Gasteiger partial charge < -0.3 is 0 Å². The number of hydrogen-bond acceptors (Lipinski definition) is 2. The predicted octanol–water partition coefficient (Wildman–Crippen LogP) is 2.49. The Kier molecular flexibility index (Phi) is 3.73. The average Bonchev–Trinajstić information content (AvgIpc) is 2.33. The summed E-state index contributed by atoms with van der Waals surface area (Å²) in [6.45, 7) is 5.30. The lowest BCUT2D eigenvalue weighted by molar-refractivity contribution is 0.212. The molecule has 0 spiro atoms. The summed E-state index contributed by atoms with van der Waals surface area (Å²) < 4.78 is 39.0. The molecule has 0 N–H and O–H groups in total. The first-order chi connectivity index (χ1) is 8.41. The van der Waals surface area contributed by atoms with Crippen LogP contribution in [0.5, 0.6) is 0 Å². The molecule has 0 aliphatic carbocycles. The molecule has 1 fully saturated rings. The third-order valence-electron chi connectivity index (χ3n) is 3.75. The zero-order chi connectivity index (χ0) is 13.3. The van der Waals surface area contributed by atoms with Crippen molar-refractivity contribution >= 4 is 10.0 Å². The van der Waals surface area contributed by atoms with E-state index in [1.54, 1.807) is 0 Å². The molecule has 1 saturated heterocycles. The van der Waals surface area contributed by atoms with Crippen LogP contribution in [0.25, 0.3) is 0 Å². The van der Waals surface area contributed by atoms with E-state index in [0.717, 1.165) is 6.42 Å². The van der Waals surface area contributed by atoms with E-state index in [0.29, 0.717) is 24.9 Å². The molecule has 1 aromatic carbocycles. The number of halogens is 1. The highest BCUT2D eigenvalue weighted by Gasteiger charge is 2.31. The number of piperidine rings is 1. The minimum absolute atomic E-state index is 0.172. The van der Waals surface area contributed by atoms with Crippen molar-refractivity contribution in [1.29, 1.82) is 0 Å². The first-order valence-electron chi connectivity index (χ1n) is 6.17. The SMILES string of the molecule is CC1CCN(S(=O)(=O)c2ccc(F)cc2)CC1C. The topological polar surface area (TPSA) is 37.4 Å². The van der Waals surface area contributed by atoms with Gasteiger partial charge in [-0.05, 0) is 42.5 Å². The Labute approximate surface area is 108 Å². The van der Waals surface area contributed by atoms with Crippen LogP contribution in [0.3, 0.4) is 0 Å². The molecule has 1 aliphatic rings. The maximum atomic E-state index is 12.8. The van der Waals surface area contributed by atoms with Gasteiger partial charge in [-0.3, -0.25) is 0 Å². The van der Waals surface area contributed by atoms with Crippen molar-refractivity contribution in [3.63, 3.8) is 0 Å². The lowest BCUT2D eigenvalue weighted by Crippen LogP contribution is -2.42. The normalized spacial score (nSPS) is 26.2. The van der Waals surface area contributed by atoms with E-state index < -0.39 is 15.8 Å². The molecule has 1 heterocycles. The molecule has 0 bridgehead atoms. The molecular weight excluding hydrogens is 253 g/mol. The van der Waals surface area contributed by atoms with Crippen LogP contribution in [0.15, 0.2) is 29.2 Å². The molecule has 2 unspecified atom stereocenters. The van der Waals surface area contributed by atoms with Crippen LogP contribution < -0.4 is 0 Å². The second-order valence-corrected chi connectivity index (χ2v) is 7.00. The van der Waals surface area contributed by atoms with E-state index >= 15 is 0 Å². The first-order valence-corrected chi connectivity index (χ1v) is 7.61. The van der Waals surface area contributed by atoms with Crippen LogP contribution >= 0.6 is 0 Å². The summed E-state index contributed by atoms with van der Waals surface area (Å²) >= 11 is 0. The van der Waals surface area contributed by atoms with Crippen LogP contribution in [0.4, 0.5) is 4.39 Å². The van der Waals surface area contributed by atoms with Crippen LogP contribution in [-0.2, 0) is 10.0 Å². The van der Waals surface area contributed by atoms with Gasteiger partial charge in [0, 0.05) is 13.1 Å². The zero-order valence-corrected chi connectivity index (χ0v) is 11.5. The van der Waals surface area contributed by atoms with Crippen molar-refractivity contribution in [2.75, 3.05) is 13.1 Å². The summed E-state index contributed by atoms with van der Waals surface area (Å²) in [5.74, 6) is 0.480. The van der Waals surface area contributed by atoms with E-state index in [1.807, 2.05) is 0 Å². The van der Waals surface area contributed by atoms with Crippen LogP contribution in [-0.4, -0.2) is 25.8 Å². The Morgan fingerprint density at radius 1 is 1.17 bits per heavy atom. The Morgan fingerprint density at radius 2 is 1.78 bits per heavy atom. The van der Waals surface area contributed by atoms with Crippen molar-refractivity contribution in [2.24, 2.45) is 11.8 Å². The van der Waals surface area contributed by atoms with E-state index in [9.17, 15) is 12.8 Å². The first kappa shape index (κ1) is 13.5. The standard InChI is InChI=1S/C13H18FNO2S/c1-10-7-8-15(9-11(10)2)18(16,17)13-5-3-12(14)4-6-13/h3-6,10-11H,7-9H2,1-2H3. The second-order valence-electron chi connectivity index (χ2n) is 5.06. The molecule has 2 atom stereocenters. The second kappa shape index (κ2) is 4.97. The number of benzene rings is 1. The van der Waals surface area contributed by atoms with Gasteiger partial charge in [0.1, 0.15) is 5.82 Å². The average molecular weight is 271 g/mol. The van der Waals surface area contributed by atoms with Gasteiger partial charge in [-0.15, -0.1) is 0 Å². The Bertz CT molecular complexity index is 512. The van der Waals surface area contributed by atoms with E-state index in [4.69, 9.17) is 0 Å². The monoisotopic (exact) mass is 271 g/mol. The summed E-state index contributed by atoms with van der Waals surface area (Å²) in [5, 5.41) is 0. The third kappa shape index (κ3) is 2.57. The van der Waals surface area contributed by atoms with Crippen molar-refractivity contribution in [3.05, 3.63) is 30.1 Å². The minimum Gasteiger partial charge on any atom is -0.207 e. The van der Waals surface area contributed by atoms with E-state index in [2.05, 4.69) is 13.8 Å². The van der Waals surface area contributed by atoms with Gasteiger partial charge in [-0.25, -0.2) is 12.8 Å². The Balaban J connectivity index is 2.24. The molecule has 0 radical (unpaired) electrons. The quantitative estimate of drug-likeness (QED) is 0.828. The molecule has 5 heteroatoms. The molecule has 100 valence electrons. The molecule has 0 aromatic heterocycles. The van der Waals surface area contributed by atoms with Crippen molar-refractivity contribution in [2.45, 2.75) is 25.2 Å². The van der Waals surface area contributed by atoms with Gasteiger partial charge in [-0.1, -0.05) is 13.8 Å². The van der Waals surface area contributed by atoms with Gasteiger partial charge >= 0.3 is 0 Å². The Hall–Kier alpha value is -0.940. The van der Waals surface area contributed by atoms with Gasteiger partial charge in [0.25, 0.3) is 0 Å². The summed E-state index contributed by atoms with van der Waals surface area (Å²) in [6.07, 6.45) is 0.877. The van der Waals surface area contributed by atoms with Gasteiger partial charge in [0.05, 0.1) is 4.90 Å². The van der Waals surface area contributed by atoms with Crippen molar-refractivity contribution in [1.82, 2.24) is 4.31 Å². The molecule has 0 saturated carbocycles. The Morgan fingerprint density at radius 3 is 2.33 bits per heavy atom. The molecule has 0 amide bonds. The molecule has 2 rings (SSSR count). The number of nitrogens with zero attached hydrogens (tertiary/aromatic N) is 1. The van der Waals surface area contributed by atoms with Crippen molar-refractivity contribution < 1.29 is 12.8 Å². The van der Waals surface area contributed by atoms with Crippen LogP contribution in [0.2, 0.25) is 0 Å². The van der Waals surface area contributed by atoms with E-state index in [1.165, 1.54) is 28.6 Å². The molecule has 1 aliphatic heterocycles. The lowest BCUT2D eigenvalue weighted by Gasteiger charge is -2.34. The fourth-order valence-electron chi connectivity index (χ4n) is 2.20. The fraction of sp³-hybridized carbons (Fsp3) is 0.538. The van der Waals surface area contributed by atoms with Gasteiger partial charge in [-0.2, -0.15) is 4.31 Å². The van der Waals surface area contributed by atoms with Crippen molar-refractivity contribution in [3.8, 4) is 0 Å². The predicted molar refractivity (Wildman–Crippen MR) is 68.1 cm³/mol.